The van der Waals surface area contributed by atoms with Gasteiger partial charge in [0, 0.05) is 24.7 Å². The van der Waals surface area contributed by atoms with Crippen LogP contribution in [-0.2, 0) is 10.0 Å². The SMILES string of the molecule is CCNCCNC(=O)c1ccc2c(c1)S(=O)(=O)N(C(C)C)C2=O.Cl. The van der Waals surface area contributed by atoms with Gasteiger partial charge in [-0.1, -0.05) is 6.92 Å². The van der Waals surface area contributed by atoms with Crippen LogP contribution >= 0.6 is 12.4 Å². The number of carbonyl (C=O) groups excluding carboxylic acids is 2. The Morgan fingerprint density at radius 3 is 2.50 bits per heavy atom. The molecule has 0 spiro atoms. The number of rotatable bonds is 6. The average molecular weight is 376 g/mol. The largest absolute Gasteiger partial charge is 0.351 e. The molecular weight excluding hydrogens is 354 g/mol. The zero-order valence-corrected chi connectivity index (χ0v) is 15.5. The molecular formula is C15H22ClN3O4S. The topological polar surface area (TPSA) is 95.6 Å². The summed E-state index contributed by atoms with van der Waals surface area (Å²) in [7, 11) is -3.89. The van der Waals surface area contributed by atoms with E-state index in [4.69, 9.17) is 0 Å². The molecule has 2 rings (SSSR count). The van der Waals surface area contributed by atoms with E-state index in [1.54, 1.807) is 13.8 Å². The van der Waals surface area contributed by atoms with Gasteiger partial charge in [0.15, 0.2) is 0 Å². The Morgan fingerprint density at radius 1 is 1.25 bits per heavy atom. The van der Waals surface area contributed by atoms with Crippen LogP contribution in [0.25, 0.3) is 0 Å². The molecule has 1 aliphatic heterocycles. The fourth-order valence-corrected chi connectivity index (χ4v) is 4.24. The summed E-state index contributed by atoms with van der Waals surface area (Å²) in [5.74, 6) is -0.912. The Kier molecular flexibility index (Phi) is 6.76. The van der Waals surface area contributed by atoms with Crippen molar-refractivity contribution in [3.63, 3.8) is 0 Å². The Labute approximate surface area is 148 Å². The first-order valence-electron chi connectivity index (χ1n) is 7.52. The van der Waals surface area contributed by atoms with Crippen molar-refractivity contribution in [1.29, 1.82) is 0 Å². The van der Waals surface area contributed by atoms with Gasteiger partial charge in [0.2, 0.25) is 0 Å². The molecule has 0 fully saturated rings. The molecule has 2 amide bonds. The van der Waals surface area contributed by atoms with Crippen LogP contribution in [0.1, 0.15) is 41.5 Å². The highest BCUT2D eigenvalue weighted by Crippen LogP contribution is 2.32. The first kappa shape index (κ1) is 20.4. The van der Waals surface area contributed by atoms with Gasteiger partial charge in [-0.15, -0.1) is 12.4 Å². The van der Waals surface area contributed by atoms with Gasteiger partial charge in [0.1, 0.15) is 4.90 Å². The first-order chi connectivity index (χ1) is 10.8. The van der Waals surface area contributed by atoms with Crippen molar-refractivity contribution in [3.8, 4) is 0 Å². The third-order valence-electron chi connectivity index (χ3n) is 3.52. The molecule has 24 heavy (non-hydrogen) atoms. The standard InChI is InChI=1S/C15H21N3O4S.ClH/c1-4-16-7-8-17-14(19)11-5-6-12-13(9-11)23(21,22)18(10(2)3)15(12)20;/h5-6,9-10,16H,4,7-8H2,1-3H3,(H,17,19);1H. The summed E-state index contributed by atoms with van der Waals surface area (Å²) in [5, 5.41) is 5.77. The summed E-state index contributed by atoms with van der Waals surface area (Å²) < 4.78 is 25.8. The molecule has 0 aromatic heterocycles. The van der Waals surface area contributed by atoms with Crippen molar-refractivity contribution in [3.05, 3.63) is 29.3 Å². The van der Waals surface area contributed by atoms with Crippen molar-refractivity contribution >= 4 is 34.2 Å². The number of nitrogens with one attached hydrogen (secondary N) is 2. The predicted octanol–water partition coefficient (Wildman–Crippen LogP) is 1.00. The third kappa shape index (κ3) is 3.71. The van der Waals surface area contributed by atoms with Gasteiger partial charge in [-0.2, -0.15) is 0 Å². The number of hydrogen-bond donors (Lipinski definition) is 2. The molecule has 0 atom stereocenters. The molecule has 0 aliphatic carbocycles. The van der Waals surface area contributed by atoms with Crippen LogP contribution in [0.4, 0.5) is 0 Å². The molecule has 0 saturated carbocycles. The number of nitrogens with zero attached hydrogens (tertiary/aromatic N) is 1. The summed E-state index contributed by atoms with van der Waals surface area (Å²) in [4.78, 5) is 24.2. The lowest BCUT2D eigenvalue weighted by Gasteiger charge is -2.18. The number of sulfonamides is 1. The van der Waals surface area contributed by atoms with Crippen LogP contribution in [0.2, 0.25) is 0 Å². The average Bonchev–Trinajstić information content (AvgIpc) is 2.69. The van der Waals surface area contributed by atoms with Gasteiger partial charge in [-0.3, -0.25) is 9.59 Å². The van der Waals surface area contributed by atoms with Crippen molar-refractivity contribution in [1.82, 2.24) is 14.9 Å². The minimum atomic E-state index is -3.89. The molecule has 0 unspecified atom stereocenters. The number of amides is 2. The molecule has 1 aromatic carbocycles. The van der Waals surface area contributed by atoms with Crippen molar-refractivity contribution in [2.24, 2.45) is 0 Å². The van der Waals surface area contributed by atoms with Gasteiger partial charge in [0.25, 0.3) is 21.8 Å². The lowest BCUT2D eigenvalue weighted by Crippen LogP contribution is -2.36. The second-order valence-electron chi connectivity index (χ2n) is 5.52. The second kappa shape index (κ2) is 7.96. The third-order valence-corrected chi connectivity index (χ3v) is 5.52. The van der Waals surface area contributed by atoms with Gasteiger partial charge in [0.05, 0.1) is 5.56 Å². The van der Waals surface area contributed by atoms with E-state index in [2.05, 4.69) is 10.6 Å². The Balaban J connectivity index is 0.00000288. The molecule has 7 nitrogen and oxygen atoms in total. The first-order valence-corrected chi connectivity index (χ1v) is 8.96. The molecule has 0 saturated heterocycles. The molecule has 9 heteroatoms. The van der Waals surface area contributed by atoms with E-state index in [9.17, 15) is 18.0 Å². The predicted molar refractivity (Wildman–Crippen MR) is 93.1 cm³/mol. The van der Waals surface area contributed by atoms with Crippen LogP contribution in [0.3, 0.4) is 0 Å². The Bertz CT molecular complexity index is 734. The van der Waals surface area contributed by atoms with E-state index in [1.807, 2.05) is 6.92 Å². The molecule has 1 aromatic rings. The Morgan fingerprint density at radius 2 is 1.92 bits per heavy atom. The highest BCUT2D eigenvalue weighted by atomic mass is 35.5. The lowest BCUT2D eigenvalue weighted by molar-refractivity contribution is 0.0845. The lowest BCUT2D eigenvalue weighted by atomic mass is 10.1. The second-order valence-corrected chi connectivity index (χ2v) is 7.30. The highest BCUT2D eigenvalue weighted by Gasteiger charge is 2.42. The van der Waals surface area contributed by atoms with Crippen LogP contribution in [0.5, 0.6) is 0 Å². The molecule has 134 valence electrons. The van der Waals surface area contributed by atoms with Gasteiger partial charge >= 0.3 is 0 Å². The van der Waals surface area contributed by atoms with Gasteiger partial charge in [-0.05, 0) is 38.6 Å². The number of halogens is 1. The molecule has 0 bridgehead atoms. The quantitative estimate of drug-likeness (QED) is 0.723. The van der Waals surface area contributed by atoms with E-state index >= 15 is 0 Å². The van der Waals surface area contributed by atoms with E-state index < -0.39 is 22.0 Å². The van der Waals surface area contributed by atoms with Crippen LogP contribution < -0.4 is 10.6 Å². The van der Waals surface area contributed by atoms with Crippen molar-refractivity contribution < 1.29 is 18.0 Å². The summed E-state index contributed by atoms with van der Waals surface area (Å²) in [5.41, 5.74) is 0.338. The van der Waals surface area contributed by atoms with Crippen molar-refractivity contribution in [2.75, 3.05) is 19.6 Å². The molecule has 1 aliphatic rings. The zero-order valence-electron chi connectivity index (χ0n) is 13.8. The fraction of sp³-hybridized carbons (Fsp3) is 0.467. The molecule has 1 heterocycles. The van der Waals surface area contributed by atoms with Crippen LogP contribution in [0.15, 0.2) is 23.1 Å². The van der Waals surface area contributed by atoms with E-state index in [0.29, 0.717) is 13.1 Å². The number of fused-ring (bicyclic) bond motifs is 1. The smallest absolute Gasteiger partial charge is 0.269 e. The minimum Gasteiger partial charge on any atom is -0.351 e. The number of benzene rings is 1. The Hall–Kier alpha value is -1.64. The monoisotopic (exact) mass is 375 g/mol. The summed E-state index contributed by atoms with van der Waals surface area (Å²) >= 11 is 0. The highest BCUT2D eigenvalue weighted by molar-refractivity contribution is 7.90. The van der Waals surface area contributed by atoms with E-state index in [1.165, 1.54) is 18.2 Å². The normalized spacial score (nSPS) is 15.2. The maximum Gasteiger partial charge on any atom is 0.269 e. The number of hydrogen-bond acceptors (Lipinski definition) is 5. The van der Waals surface area contributed by atoms with Crippen molar-refractivity contribution in [2.45, 2.75) is 31.7 Å². The van der Waals surface area contributed by atoms with E-state index in [0.717, 1.165) is 10.8 Å². The maximum atomic E-state index is 12.5. The maximum absolute atomic E-state index is 12.5. The summed E-state index contributed by atoms with van der Waals surface area (Å²) in [6.45, 7) is 7.11. The molecule has 0 radical (unpaired) electrons. The fourth-order valence-electron chi connectivity index (χ4n) is 2.44. The van der Waals surface area contributed by atoms with Gasteiger partial charge < -0.3 is 10.6 Å². The summed E-state index contributed by atoms with van der Waals surface area (Å²) in [6, 6.07) is 3.67. The minimum absolute atomic E-state index is 0. The van der Waals surface area contributed by atoms with Crippen LogP contribution in [0, 0.1) is 0 Å². The molecule has 2 N–H and O–H groups in total. The van der Waals surface area contributed by atoms with E-state index in [-0.39, 0.29) is 34.3 Å². The number of carbonyl (C=O) groups is 2. The summed E-state index contributed by atoms with van der Waals surface area (Å²) in [6.07, 6.45) is 0. The van der Waals surface area contributed by atoms with Gasteiger partial charge in [-0.25, -0.2) is 12.7 Å². The number of likely N-dealkylation sites (N-methyl/N-ethyl adjacent to an activating group) is 1. The van der Waals surface area contributed by atoms with Crippen LogP contribution in [-0.4, -0.2) is 50.2 Å². The zero-order chi connectivity index (χ0) is 17.2.